The second kappa shape index (κ2) is 8.43. The van der Waals surface area contributed by atoms with E-state index in [9.17, 15) is 0 Å². The van der Waals surface area contributed by atoms with E-state index in [2.05, 4.69) is 31.3 Å². The van der Waals surface area contributed by atoms with Gasteiger partial charge in [0.25, 0.3) is 0 Å². The first-order valence-corrected chi connectivity index (χ1v) is 7.22. The van der Waals surface area contributed by atoms with Gasteiger partial charge in [-0.1, -0.05) is 13.8 Å². The molecule has 0 amide bonds. The van der Waals surface area contributed by atoms with Gasteiger partial charge >= 0.3 is 0 Å². The quantitative estimate of drug-likeness (QED) is 0.566. The van der Waals surface area contributed by atoms with Crippen LogP contribution in [0.1, 0.15) is 20.3 Å². The molecule has 2 nitrogen and oxygen atoms in total. The van der Waals surface area contributed by atoms with E-state index >= 15 is 0 Å². The minimum absolute atomic E-state index is 0.702. The Bertz CT molecular complexity index is 300. The Morgan fingerprint density at radius 3 is 2.59 bits per heavy atom. The zero-order valence-corrected chi connectivity index (χ0v) is 11.8. The molecule has 1 rings (SSSR count). The van der Waals surface area contributed by atoms with E-state index in [1.54, 1.807) is 7.11 Å². The molecule has 0 fully saturated rings. The first-order chi connectivity index (χ1) is 8.26. The van der Waals surface area contributed by atoms with Crippen LogP contribution < -0.4 is 10.1 Å². The highest BCUT2D eigenvalue weighted by molar-refractivity contribution is 7.99. The van der Waals surface area contributed by atoms with Crippen LogP contribution in [0.15, 0.2) is 29.2 Å². The van der Waals surface area contributed by atoms with Crippen molar-refractivity contribution in [3.05, 3.63) is 24.3 Å². The molecule has 96 valence electrons. The number of ether oxygens (including phenoxy) is 1. The van der Waals surface area contributed by atoms with Gasteiger partial charge in [0.1, 0.15) is 5.75 Å². The summed E-state index contributed by atoms with van der Waals surface area (Å²) in [6.07, 6.45) is 1.21. The van der Waals surface area contributed by atoms with Crippen LogP contribution in [0.25, 0.3) is 0 Å². The van der Waals surface area contributed by atoms with Crippen molar-refractivity contribution in [2.45, 2.75) is 25.2 Å². The van der Waals surface area contributed by atoms with Crippen LogP contribution in [0, 0.1) is 5.92 Å². The van der Waals surface area contributed by atoms with Crippen molar-refractivity contribution in [3.63, 3.8) is 0 Å². The van der Waals surface area contributed by atoms with Gasteiger partial charge in [0.05, 0.1) is 7.11 Å². The third-order valence-corrected chi connectivity index (χ3v) is 3.85. The molecular formula is C14H23NOS. The maximum absolute atomic E-state index is 5.14. The van der Waals surface area contributed by atoms with Gasteiger partial charge in [0, 0.05) is 10.6 Å². The van der Waals surface area contributed by atoms with Gasteiger partial charge in [0.2, 0.25) is 0 Å². The van der Waals surface area contributed by atoms with Crippen LogP contribution in [0.4, 0.5) is 0 Å². The molecule has 0 aliphatic rings. The molecule has 1 N–H and O–H groups in total. The molecule has 1 aromatic carbocycles. The highest BCUT2D eigenvalue weighted by atomic mass is 32.2. The van der Waals surface area contributed by atoms with Crippen molar-refractivity contribution in [1.82, 2.24) is 5.32 Å². The van der Waals surface area contributed by atoms with E-state index in [0.29, 0.717) is 5.92 Å². The van der Waals surface area contributed by atoms with Crippen LogP contribution in [-0.4, -0.2) is 26.0 Å². The van der Waals surface area contributed by atoms with E-state index in [4.69, 9.17) is 4.74 Å². The van der Waals surface area contributed by atoms with Gasteiger partial charge in [-0.15, -0.1) is 11.8 Å². The lowest BCUT2D eigenvalue weighted by molar-refractivity contribution is 0.414. The van der Waals surface area contributed by atoms with Crippen LogP contribution in [0.5, 0.6) is 5.75 Å². The Hall–Kier alpha value is -0.670. The average Bonchev–Trinajstić information content (AvgIpc) is 2.37. The number of nitrogens with one attached hydrogen (secondary N) is 1. The minimum atomic E-state index is 0.702. The topological polar surface area (TPSA) is 21.3 Å². The molecule has 0 saturated heterocycles. The third-order valence-electron chi connectivity index (χ3n) is 2.51. The number of hydrogen-bond acceptors (Lipinski definition) is 3. The summed E-state index contributed by atoms with van der Waals surface area (Å²) in [4.78, 5) is 1.31. The van der Waals surface area contributed by atoms with Gasteiger partial charge in [-0.2, -0.15) is 0 Å². The molecule has 1 atom stereocenters. The molecule has 0 heterocycles. The smallest absolute Gasteiger partial charge is 0.118 e. The highest BCUT2D eigenvalue weighted by Crippen LogP contribution is 2.23. The normalized spacial score (nSPS) is 12.4. The summed E-state index contributed by atoms with van der Waals surface area (Å²) in [5.41, 5.74) is 0. The summed E-state index contributed by atoms with van der Waals surface area (Å²) in [6, 6.07) is 8.27. The monoisotopic (exact) mass is 253 g/mol. The molecule has 1 aromatic rings. The van der Waals surface area contributed by atoms with E-state index in [1.165, 1.54) is 11.3 Å². The van der Waals surface area contributed by atoms with E-state index in [-0.39, 0.29) is 0 Å². The van der Waals surface area contributed by atoms with Crippen molar-refractivity contribution >= 4 is 11.8 Å². The summed E-state index contributed by atoms with van der Waals surface area (Å²) in [5.74, 6) is 2.78. The molecule has 0 radical (unpaired) electrons. The Morgan fingerprint density at radius 2 is 2.00 bits per heavy atom. The summed E-state index contributed by atoms with van der Waals surface area (Å²) < 4.78 is 5.14. The van der Waals surface area contributed by atoms with Gasteiger partial charge in [-0.05, 0) is 49.7 Å². The fourth-order valence-corrected chi connectivity index (χ4v) is 2.42. The predicted molar refractivity (Wildman–Crippen MR) is 76.0 cm³/mol. The molecule has 0 saturated carbocycles. The zero-order chi connectivity index (χ0) is 12.5. The lowest BCUT2D eigenvalue weighted by Gasteiger charge is -2.11. The van der Waals surface area contributed by atoms with Crippen molar-refractivity contribution in [2.75, 3.05) is 26.0 Å². The molecular weight excluding hydrogens is 230 g/mol. The molecule has 0 bridgehead atoms. The molecule has 1 unspecified atom stereocenters. The van der Waals surface area contributed by atoms with Crippen LogP contribution >= 0.6 is 11.8 Å². The second-order valence-corrected chi connectivity index (χ2v) is 5.39. The number of methoxy groups -OCH3 is 1. The minimum Gasteiger partial charge on any atom is -0.497 e. The van der Waals surface area contributed by atoms with Crippen LogP contribution in [0.3, 0.4) is 0 Å². The van der Waals surface area contributed by atoms with Crippen molar-refractivity contribution in [3.8, 4) is 5.75 Å². The number of benzene rings is 1. The molecule has 0 aliphatic carbocycles. The Morgan fingerprint density at radius 1 is 1.29 bits per heavy atom. The van der Waals surface area contributed by atoms with Gasteiger partial charge in [-0.25, -0.2) is 0 Å². The summed E-state index contributed by atoms with van der Waals surface area (Å²) in [5, 5.41) is 3.46. The van der Waals surface area contributed by atoms with Crippen LogP contribution in [0.2, 0.25) is 0 Å². The SMILES string of the molecule is CCCNCC(C)CSc1ccc(OC)cc1. The van der Waals surface area contributed by atoms with Crippen molar-refractivity contribution in [1.29, 1.82) is 0 Å². The highest BCUT2D eigenvalue weighted by Gasteiger charge is 2.02. The number of rotatable bonds is 8. The number of hydrogen-bond donors (Lipinski definition) is 1. The van der Waals surface area contributed by atoms with Crippen molar-refractivity contribution < 1.29 is 4.74 Å². The Labute approximate surface area is 109 Å². The maximum Gasteiger partial charge on any atom is 0.118 e. The van der Waals surface area contributed by atoms with Crippen molar-refractivity contribution in [2.24, 2.45) is 5.92 Å². The molecule has 0 spiro atoms. The summed E-state index contributed by atoms with van der Waals surface area (Å²) in [6.45, 7) is 6.72. The molecule has 17 heavy (non-hydrogen) atoms. The van der Waals surface area contributed by atoms with Gasteiger partial charge < -0.3 is 10.1 Å². The van der Waals surface area contributed by atoms with E-state index in [1.807, 2.05) is 23.9 Å². The Balaban J connectivity index is 2.24. The molecule has 3 heteroatoms. The van der Waals surface area contributed by atoms with Crippen LogP contribution in [-0.2, 0) is 0 Å². The summed E-state index contributed by atoms with van der Waals surface area (Å²) in [7, 11) is 1.70. The largest absolute Gasteiger partial charge is 0.497 e. The number of thioether (sulfide) groups is 1. The van der Waals surface area contributed by atoms with E-state index in [0.717, 1.165) is 24.6 Å². The summed E-state index contributed by atoms with van der Waals surface area (Å²) >= 11 is 1.91. The van der Waals surface area contributed by atoms with Gasteiger partial charge in [-0.3, -0.25) is 0 Å². The lowest BCUT2D eigenvalue weighted by atomic mass is 10.2. The fourth-order valence-electron chi connectivity index (χ4n) is 1.49. The maximum atomic E-state index is 5.14. The Kier molecular flexibility index (Phi) is 7.13. The molecule has 0 aliphatic heterocycles. The first kappa shape index (κ1) is 14.4. The predicted octanol–water partition coefficient (Wildman–Crippen LogP) is 3.42. The third kappa shape index (κ3) is 5.99. The molecule has 0 aromatic heterocycles. The second-order valence-electron chi connectivity index (χ2n) is 4.30. The van der Waals surface area contributed by atoms with E-state index < -0.39 is 0 Å². The first-order valence-electron chi connectivity index (χ1n) is 6.23. The average molecular weight is 253 g/mol. The standard InChI is InChI=1S/C14H23NOS/c1-4-9-15-10-12(2)11-17-14-7-5-13(16-3)6-8-14/h5-8,12,15H,4,9-11H2,1-3H3. The lowest BCUT2D eigenvalue weighted by Crippen LogP contribution is -2.23. The van der Waals surface area contributed by atoms with Gasteiger partial charge in [0.15, 0.2) is 0 Å². The fraction of sp³-hybridized carbons (Fsp3) is 0.571. The zero-order valence-electron chi connectivity index (χ0n) is 11.0.